The third-order valence-electron chi connectivity index (χ3n) is 2.94. The molecule has 0 aliphatic heterocycles. The molecule has 0 atom stereocenters. The second-order valence-electron chi connectivity index (χ2n) is 4.56. The number of anilines is 1. The molecule has 0 radical (unpaired) electrons. The summed E-state index contributed by atoms with van der Waals surface area (Å²) < 4.78 is 0. The molecule has 1 aromatic carbocycles. The predicted octanol–water partition coefficient (Wildman–Crippen LogP) is 2.82. The van der Waals surface area contributed by atoms with Crippen molar-refractivity contribution in [2.24, 2.45) is 0 Å². The van der Waals surface area contributed by atoms with Crippen molar-refractivity contribution in [3.05, 3.63) is 41.6 Å². The molecule has 0 spiro atoms. The average molecular weight is 238 g/mol. The van der Waals surface area contributed by atoms with Gasteiger partial charge in [-0.05, 0) is 37.6 Å². The van der Waals surface area contributed by atoms with E-state index in [0.29, 0.717) is 0 Å². The molecule has 3 N–H and O–H groups in total. The molecule has 0 aliphatic rings. The number of aromatic nitrogens is 3. The molecule has 4 nitrogen and oxygen atoms in total. The molecule has 0 saturated carbocycles. The van der Waals surface area contributed by atoms with E-state index < -0.39 is 0 Å². The van der Waals surface area contributed by atoms with Crippen molar-refractivity contribution in [2.45, 2.75) is 13.8 Å². The van der Waals surface area contributed by atoms with E-state index in [4.69, 9.17) is 5.73 Å². The van der Waals surface area contributed by atoms with Crippen LogP contribution in [0.4, 0.5) is 5.69 Å². The minimum atomic E-state index is 0.719. The molecular formula is C14H14N4. The Hall–Kier alpha value is -2.36. The number of imidazole rings is 1. The van der Waals surface area contributed by atoms with Gasteiger partial charge in [-0.2, -0.15) is 0 Å². The van der Waals surface area contributed by atoms with E-state index in [0.717, 1.165) is 39.4 Å². The van der Waals surface area contributed by atoms with Crippen LogP contribution in [0, 0.1) is 13.8 Å². The van der Waals surface area contributed by atoms with E-state index in [2.05, 4.69) is 15.0 Å². The lowest BCUT2D eigenvalue weighted by Gasteiger charge is -2.03. The molecule has 0 bridgehead atoms. The van der Waals surface area contributed by atoms with E-state index in [-0.39, 0.29) is 0 Å². The standard InChI is InChI=1S/C14H14N4/c1-8-3-4-11(15)10(5-8)13-17-12-6-9(2)7-16-14(12)18-13/h3-7H,15H2,1-2H3,(H,16,17,18). The van der Waals surface area contributed by atoms with Crippen molar-refractivity contribution in [3.8, 4) is 11.4 Å². The predicted molar refractivity (Wildman–Crippen MR) is 73.2 cm³/mol. The smallest absolute Gasteiger partial charge is 0.178 e. The van der Waals surface area contributed by atoms with Crippen molar-refractivity contribution in [1.29, 1.82) is 0 Å². The number of hydrogen-bond acceptors (Lipinski definition) is 3. The first-order valence-electron chi connectivity index (χ1n) is 5.82. The fourth-order valence-corrected chi connectivity index (χ4v) is 2.01. The molecule has 2 heterocycles. The molecule has 3 rings (SSSR count). The minimum absolute atomic E-state index is 0.719. The zero-order valence-electron chi connectivity index (χ0n) is 10.4. The van der Waals surface area contributed by atoms with Gasteiger partial charge in [0.25, 0.3) is 0 Å². The van der Waals surface area contributed by atoms with E-state index in [1.165, 1.54) is 0 Å². The van der Waals surface area contributed by atoms with Gasteiger partial charge in [0.2, 0.25) is 0 Å². The van der Waals surface area contributed by atoms with Gasteiger partial charge in [-0.15, -0.1) is 0 Å². The summed E-state index contributed by atoms with van der Waals surface area (Å²) in [6.45, 7) is 4.04. The number of pyridine rings is 1. The first-order chi connectivity index (χ1) is 8.63. The van der Waals surface area contributed by atoms with Gasteiger partial charge >= 0.3 is 0 Å². The molecule has 0 fully saturated rings. The van der Waals surface area contributed by atoms with E-state index in [9.17, 15) is 0 Å². The summed E-state index contributed by atoms with van der Waals surface area (Å²) in [5.74, 6) is 0.768. The van der Waals surface area contributed by atoms with Crippen LogP contribution < -0.4 is 5.73 Å². The van der Waals surface area contributed by atoms with Crippen LogP contribution in [0.25, 0.3) is 22.6 Å². The fourth-order valence-electron chi connectivity index (χ4n) is 2.01. The van der Waals surface area contributed by atoms with Gasteiger partial charge in [-0.25, -0.2) is 9.97 Å². The zero-order chi connectivity index (χ0) is 12.7. The first kappa shape index (κ1) is 10.8. The molecule has 18 heavy (non-hydrogen) atoms. The summed E-state index contributed by atoms with van der Waals surface area (Å²) in [6, 6.07) is 7.95. The highest BCUT2D eigenvalue weighted by Crippen LogP contribution is 2.26. The Morgan fingerprint density at radius 3 is 2.78 bits per heavy atom. The number of fused-ring (bicyclic) bond motifs is 1. The number of nitrogens with zero attached hydrogens (tertiary/aromatic N) is 2. The summed E-state index contributed by atoms with van der Waals surface area (Å²) in [5.41, 5.74) is 11.6. The number of benzene rings is 1. The average Bonchev–Trinajstić information content (AvgIpc) is 2.74. The third-order valence-corrected chi connectivity index (χ3v) is 2.94. The lowest BCUT2D eigenvalue weighted by molar-refractivity contribution is 1.28. The maximum Gasteiger partial charge on any atom is 0.178 e. The Kier molecular flexibility index (Phi) is 2.30. The summed E-state index contributed by atoms with van der Waals surface area (Å²) in [7, 11) is 0. The number of aromatic amines is 1. The number of nitrogens with two attached hydrogens (primary N) is 1. The van der Waals surface area contributed by atoms with Gasteiger partial charge in [-0.1, -0.05) is 11.6 Å². The van der Waals surface area contributed by atoms with Crippen LogP contribution >= 0.6 is 0 Å². The zero-order valence-corrected chi connectivity index (χ0v) is 10.4. The summed E-state index contributed by atoms with van der Waals surface area (Å²) in [5, 5.41) is 0. The van der Waals surface area contributed by atoms with E-state index in [1.54, 1.807) is 0 Å². The molecule has 4 heteroatoms. The SMILES string of the molecule is Cc1ccc(N)c(-c2nc3ncc(C)cc3[nH]2)c1. The Balaban J connectivity index is 2.22. The quantitative estimate of drug-likeness (QED) is 0.640. The lowest BCUT2D eigenvalue weighted by Crippen LogP contribution is -1.91. The number of nitrogen functional groups attached to an aromatic ring is 1. The van der Waals surface area contributed by atoms with Crippen LogP contribution in [0.3, 0.4) is 0 Å². The largest absolute Gasteiger partial charge is 0.398 e. The number of rotatable bonds is 1. The highest BCUT2D eigenvalue weighted by atomic mass is 15.0. The van der Waals surface area contributed by atoms with E-state index >= 15 is 0 Å². The van der Waals surface area contributed by atoms with Crippen LogP contribution in [0.1, 0.15) is 11.1 Å². The van der Waals surface area contributed by atoms with Crippen molar-refractivity contribution in [1.82, 2.24) is 15.0 Å². The monoisotopic (exact) mass is 238 g/mol. The second-order valence-corrected chi connectivity index (χ2v) is 4.56. The van der Waals surface area contributed by atoms with Crippen molar-refractivity contribution in [2.75, 3.05) is 5.73 Å². The fraction of sp³-hybridized carbons (Fsp3) is 0.143. The summed E-state index contributed by atoms with van der Waals surface area (Å²) in [6.07, 6.45) is 1.81. The molecule has 90 valence electrons. The maximum atomic E-state index is 5.99. The minimum Gasteiger partial charge on any atom is -0.398 e. The Morgan fingerprint density at radius 2 is 1.94 bits per heavy atom. The molecule has 0 aliphatic carbocycles. The lowest BCUT2D eigenvalue weighted by atomic mass is 10.1. The number of H-pyrrole nitrogens is 1. The van der Waals surface area contributed by atoms with Crippen LogP contribution in [0.15, 0.2) is 30.5 Å². The topological polar surface area (TPSA) is 67.6 Å². The Labute approximate surface area is 105 Å². The van der Waals surface area contributed by atoms with Gasteiger partial charge in [0.05, 0.1) is 5.52 Å². The van der Waals surface area contributed by atoms with Crippen molar-refractivity contribution in [3.63, 3.8) is 0 Å². The normalized spacial score (nSPS) is 11.0. The Bertz CT molecular complexity index is 728. The summed E-state index contributed by atoms with van der Waals surface area (Å²) >= 11 is 0. The van der Waals surface area contributed by atoms with Gasteiger partial charge in [0, 0.05) is 17.4 Å². The van der Waals surface area contributed by atoms with Crippen LogP contribution in [-0.2, 0) is 0 Å². The van der Waals surface area contributed by atoms with Gasteiger partial charge in [-0.3, -0.25) is 0 Å². The molecule has 0 amide bonds. The highest BCUT2D eigenvalue weighted by Gasteiger charge is 2.09. The first-order valence-corrected chi connectivity index (χ1v) is 5.82. The van der Waals surface area contributed by atoms with Crippen LogP contribution in [-0.4, -0.2) is 15.0 Å². The molecule has 0 saturated heterocycles. The van der Waals surface area contributed by atoms with Crippen molar-refractivity contribution >= 4 is 16.9 Å². The maximum absolute atomic E-state index is 5.99. The van der Waals surface area contributed by atoms with E-state index in [1.807, 2.05) is 44.3 Å². The molecule has 3 aromatic rings. The Morgan fingerprint density at radius 1 is 1.11 bits per heavy atom. The van der Waals surface area contributed by atoms with Crippen molar-refractivity contribution < 1.29 is 0 Å². The van der Waals surface area contributed by atoms with Gasteiger partial charge in [0.15, 0.2) is 5.65 Å². The molecular weight excluding hydrogens is 224 g/mol. The number of nitrogens with one attached hydrogen (secondary N) is 1. The second kappa shape index (κ2) is 3.84. The van der Waals surface area contributed by atoms with Gasteiger partial charge < -0.3 is 10.7 Å². The highest BCUT2D eigenvalue weighted by molar-refractivity contribution is 5.80. The number of hydrogen-bond donors (Lipinski definition) is 2. The van der Waals surface area contributed by atoms with Crippen LogP contribution in [0.2, 0.25) is 0 Å². The van der Waals surface area contributed by atoms with Gasteiger partial charge in [0.1, 0.15) is 5.82 Å². The van der Waals surface area contributed by atoms with Crippen LogP contribution in [0.5, 0.6) is 0 Å². The number of aryl methyl sites for hydroxylation is 2. The molecule has 2 aromatic heterocycles. The molecule has 0 unspecified atom stereocenters. The summed E-state index contributed by atoms with van der Waals surface area (Å²) in [4.78, 5) is 12.0. The third kappa shape index (κ3) is 1.72.